The largest absolute Gasteiger partial charge is 0.416 e. The van der Waals surface area contributed by atoms with Crippen molar-refractivity contribution in [1.29, 1.82) is 0 Å². The molecule has 0 aliphatic rings. The highest BCUT2D eigenvalue weighted by Gasteiger charge is 2.37. The van der Waals surface area contributed by atoms with Gasteiger partial charge in [-0.1, -0.05) is 23.4 Å². The van der Waals surface area contributed by atoms with Crippen LogP contribution < -0.4 is 16.2 Å². The van der Waals surface area contributed by atoms with E-state index in [1.807, 2.05) is 0 Å². The van der Waals surface area contributed by atoms with Crippen LogP contribution in [-0.4, -0.2) is 32.4 Å². The van der Waals surface area contributed by atoms with Crippen molar-refractivity contribution < 1.29 is 35.7 Å². The van der Waals surface area contributed by atoms with Crippen molar-refractivity contribution >= 4 is 22.5 Å². The van der Waals surface area contributed by atoms with Crippen LogP contribution in [0, 0.1) is 0 Å². The summed E-state index contributed by atoms with van der Waals surface area (Å²) in [5.74, 6) is -0.501. The van der Waals surface area contributed by atoms with Crippen LogP contribution in [0.2, 0.25) is 0 Å². The molecule has 4 aromatic rings. The Morgan fingerprint density at radius 3 is 2.31 bits per heavy atom. The minimum absolute atomic E-state index is 0.00527. The second-order valence-electron chi connectivity index (χ2n) is 8.54. The molecule has 4 rings (SSSR count). The van der Waals surface area contributed by atoms with Gasteiger partial charge in [0, 0.05) is 23.8 Å². The maximum atomic E-state index is 13.1. The van der Waals surface area contributed by atoms with Crippen LogP contribution in [0.4, 0.5) is 32.2 Å². The fourth-order valence-electron chi connectivity index (χ4n) is 3.74. The summed E-state index contributed by atoms with van der Waals surface area (Å²) < 4.78 is 83.6. The maximum Gasteiger partial charge on any atom is 0.416 e. The van der Waals surface area contributed by atoms with Crippen molar-refractivity contribution in [3.05, 3.63) is 69.8 Å². The lowest BCUT2D eigenvalue weighted by molar-refractivity contribution is -0.143. The molecule has 0 aliphatic carbocycles. The van der Waals surface area contributed by atoms with E-state index in [1.54, 1.807) is 31.2 Å². The molecule has 1 unspecified atom stereocenters. The van der Waals surface area contributed by atoms with Gasteiger partial charge in [0.2, 0.25) is 17.6 Å². The van der Waals surface area contributed by atoms with Gasteiger partial charge in [0.1, 0.15) is 0 Å². The molecule has 3 N–H and O–H groups in total. The van der Waals surface area contributed by atoms with E-state index in [1.165, 1.54) is 0 Å². The summed E-state index contributed by atoms with van der Waals surface area (Å²) >= 11 is 0. The van der Waals surface area contributed by atoms with Gasteiger partial charge in [-0.3, -0.25) is 9.59 Å². The van der Waals surface area contributed by atoms with Gasteiger partial charge in [0.05, 0.1) is 22.7 Å². The highest BCUT2D eigenvalue weighted by atomic mass is 19.4. The Hall–Kier alpha value is -4.43. The number of nitrogens with zero attached hydrogens (tertiary/aromatic N) is 3. The van der Waals surface area contributed by atoms with E-state index in [2.05, 4.69) is 31.0 Å². The lowest BCUT2D eigenvalue weighted by Gasteiger charge is -2.17. The van der Waals surface area contributed by atoms with Crippen LogP contribution >= 0.6 is 0 Å². The van der Waals surface area contributed by atoms with E-state index >= 15 is 0 Å². The Labute approximate surface area is 215 Å². The summed E-state index contributed by atoms with van der Waals surface area (Å²) in [5, 5.41) is 16.5. The Morgan fingerprint density at radius 1 is 1.03 bits per heavy atom. The zero-order valence-electron chi connectivity index (χ0n) is 20.1. The average molecular weight is 554 g/mol. The van der Waals surface area contributed by atoms with Gasteiger partial charge in [-0.15, -0.1) is 0 Å². The first kappa shape index (κ1) is 27.6. The van der Waals surface area contributed by atoms with E-state index < -0.39 is 41.0 Å². The average Bonchev–Trinajstić information content (AvgIpc) is 3.33. The van der Waals surface area contributed by atoms with Crippen LogP contribution in [-0.2, 0) is 23.6 Å². The fourth-order valence-corrected chi connectivity index (χ4v) is 3.74. The number of carbonyl (C=O) groups is 1. The second kappa shape index (κ2) is 10.7. The van der Waals surface area contributed by atoms with Gasteiger partial charge in [-0.25, -0.2) is 5.10 Å². The lowest BCUT2D eigenvalue weighted by atomic mass is 10.0. The van der Waals surface area contributed by atoms with Gasteiger partial charge in [-0.05, 0) is 37.6 Å². The molecule has 0 radical (unpaired) electrons. The number of benzene rings is 2. The third-order valence-corrected chi connectivity index (χ3v) is 5.54. The predicted molar refractivity (Wildman–Crippen MR) is 126 cm³/mol. The smallest absolute Gasteiger partial charge is 0.348 e. The highest BCUT2D eigenvalue weighted by Crippen LogP contribution is 2.38. The van der Waals surface area contributed by atoms with Gasteiger partial charge in [0.25, 0.3) is 5.56 Å². The van der Waals surface area contributed by atoms with Crippen LogP contribution in [0.25, 0.3) is 22.2 Å². The molecule has 0 fully saturated rings. The second-order valence-corrected chi connectivity index (χ2v) is 8.54. The molecule has 9 nitrogen and oxygen atoms in total. The normalized spacial score (nSPS) is 12.9. The number of hydrogen-bond acceptors (Lipinski definition) is 7. The molecule has 0 spiro atoms. The molecule has 2 heterocycles. The summed E-state index contributed by atoms with van der Waals surface area (Å²) in [5.41, 5.74) is -3.86. The third-order valence-electron chi connectivity index (χ3n) is 5.54. The Bertz CT molecular complexity index is 1510. The van der Waals surface area contributed by atoms with E-state index in [0.29, 0.717) is 28.7 Å². The van der Waals surface area contributed by atoms with Crippen LogP contribution in [0.1, 0.15) is 36.8 Å². The number of aryl methyl sites for hydroxylation is 1. The number of amides is 1. The van der Waals surface area contributed by atoms with Crippen LogP contribution in [0.5, 0.6) is 0 Å². The van der Waals surface area contributed by atoms with Gasteiger partial charge < -0.3 is 15.2 Å². The summed E-state index contributed by atoms with van der Waals surface area (Å²) in [4.78, 5) is 28.1. The number of anilines is 1. The molecule has 0 aliphatic heterocycles. The molecule has 1 atom stereocenters. The minimum Gasteiger partial charge on any atom is -0.348 e. The van der Waals surface area contributed by atoms with Crippen molar-refractivity contribution in [2.75, 3.05) is 5.32 Å². The summed E-state index contributed by atoms with van der Waals surface area (Å²) in [6.45, 7) is 1.66. The quantitative estimate of drug-likeness (QED) is 0.209. The first-order chi connectivity index (χ1) is 18.3. The summed E-state index contributed by atoms with van der Waals surface area (Å²) in [6.07, 6.45) is -10.3. The van der Waals surface area contributed by atoms with E-state index in [0.717, 1.165) is 0 Å². The van der Waals surface area contributed by atoms with Gasteiger partial charge in [0.15, 0.2) is 5.82 Å². The number of aromatic amines is 1. The number of H-pyrrole nitrogens is 1. The number of fused-ring (bicyclic) bond motifs is 1. The number of rotatable bonds is 8. The number of alkyl halides is 6. The Balaban J connectivity index is 1.35. The summed E-state index contributed by atoms with van der Waals surface area (Å²) in [7, 11) is 0. The molecule has 2 aromatic carbocycles. The molecule has 15 heteroatoms. The van der Waals surface area contributed by atoms with E-state index in [-0.39, 0.29) is 42.7 Å². The molecule has 0 saturated carbocycles. The number of halogens is 6. The zero-order chi connectivity index (χ0) is 28.4. The maximum absolute atomic E-state index is 13.1. The number of carbonyl (C=O) groups excluding carboxylic acids is 1. The van der Waals surface area contributed by atoms with E-state index in [4.69, 9.17) is 4.52 Å². The Morgan fingerprint density at radius 2 is 1.67 bits per heavy atom. The monoisotopic (exact) mass is 554 g/mol. The van der Waals surface area contributed by atoms with E-state index in [9.17, 15) is 35.9 Å². The molecule has 2 aromatic heterocycles. The topological polar surface area (TPSA) is 126 Å². The third kappa shape index (κ3) is 6.72. The summed E-state index contributed by atoms with van der Waals surface area (Å²) in [6, 6.07) is 7.81. The van der Waals surface area contributed by atoms with Crippen molar-refractivity contribution in [2.24, 2.45) is 0 Å². The highest BCUT2D eigenvalue weighted by molar-refractivity contribution is 5.91. The fraction of sp³-hybridized carbons (Fsp3) is 0.292. The lowest BCUT2D eigenvalue weighted by Crippen LogP contribution is -2.38. The Kier molecular flexibility index (Phi) is 7.60. The molecular formula is C24H20F6N6O3. The number of hydrogen-bond donors (Lipinski definition) is 3. The minimum atomic E-state index is -5.01. The SMILES string of the molecule is CC(NC(=O)CCCc1nc(-c2cc(C(F)(F)F)cc(C(F)(F)F)c2)no1)Nc1n[nH]c(=O)c2ccccc12. The van der Waals surface area contributed by atoms with Gasteiger partial charge >= 0.3 is 12.4 Å². The standard InChI is InChI=1S/C24H20F6N6O3/c1-12(32-21-16-5-2-3-6-17(16)22(38)35-34-21)31-18(37)7-4-8-19-33-20(36-39-19)13-9-14(23(25,26)27)11-15(10-13)24(28,29)30/h2-3,5-6,9-12H,4,7-8H2,1H3,(H,31,37)(H,32,34)(H,35,38). The molecule has 0 bridgehead atoms. The van der Waals surface area contributed by atoms with Crippen molar-refractivity contribution in [2.45, 2.75) is 44.7 Å². The van der Waals surface area contributed by atoms with Gasteiger partial charge in [-0.2, -0.15) is 36.4 Å². The first-order valence-corrected chi connectivity index (χ1v) is 11.5. The molecule has 39 heavy (non-hydrogen) atoms. The van der Waals surface area contributed by atoms with Crippen molar-refractivity contribution in [3.63, 3.8) is 0 Å². The van der Waals surface area contributed by atoms with Crippen LogP contribution in [0.3, 0.4) is 0 Å². The number of aromatic nitrogens is 4. The molecular weight excluding hydrogens is 534 g/mol. The van der Waals surface area contributed by atoms with Crippen molar-refractivity contribution in [1.82, 2.24) is 25.7 Å². The van der Waals surface area contributed by atoms with Crippen LogP contribution in [0.15, 0.2) is 51.8 Å². The van der Waals surface area contributed by atoms with Crippen molar-refractivity contribution in [3.8, 4) is 11.4 Å². The number of nitrogens with one attached hydrogen (secondary N) is 3. The zero-order valence-corrected chi connectivity index (χ0v) is 20.1. The predicted octanol–water partition coefficient (Wildman–Crippen LogP) is 4.91. The molecule has 0 saturated heterocycles. The molecule has 206 valence electrons. The first-order valence-electron chi connectivity index (χ1n) is 11.5. The molecule has 1 amide bonds.